The number of nitrogens with one attached hydrogen (secondary N) is 1. The van der Waals surface area contributed by atoms with Crippen molar-refractivity contribution in [2.75, 3.05) is 23.0 Å². The summed E-state index contributed by atoms with van der Waals surface area (Å²) < 4.78 is 34.0. The van der Waals surface area contributed by atoms with Crippen molar-refractivity contribution in [3.05, 3.63) is 51.9 Å². The van der Waals surface area contributed by atoms with Crippen molar-refractivity contribution in [1.82, 2.24) is 9.13 Å². The van der Waals surface area contributed by atoms with Crippen LogP contribution in [0.25, 0.3) is 11.0 Å². The van der Waals surface area contributed by atoms with Crippen LogP contribution in [0.4, 0.5) is 11.4 Å². The summed E-state index contributed by atoms with van der Waals surface area (Å²) >= 11 is 6.15. The molecule has 1 unspecified atom stereocenters. The van der Waals surface area contributed by atoms with Gasteiger partial charge in [-0.25, -0.2) is 13.2 Å². The maximum atomic E-state index is 12.9. The SMILES string of the molecule is COc1ccc(N(C(C)C(=O)Nc2ccc3c(c2)n(C)c(=O)n3C)S(C)(=O)=O)cc1Cl. The van der Waals surface area contributed by atoms with Crippen LogP contribution in [0.3, 0.4) is 0 Å². The lowest BCUT2D eigenvalue weighted by Gasteiger charge is -2.28. The van der Waals surface area contributed by atoms with Crippen LogP contribution < -0.4 is 20.0 Å². The number of halogens is 1. The van der Waals surface area contributed by atoms with Gasteiger partial charge in [-0.15, -0.1) is 0 Å². The van der Waals surface area contributed by atoms with Crippen LogP contribution in [-0.2, 0) is 28.9 Å². The number of fused-ring (bicyclic) bond motifs is 1. The third-order valence-corrected chi connectivity index (χ3v) is 6.55. The number of benzene rings is 2. The minimum absolute atomic E-state index is 0.188. The number of hydrogen-bond acceptors (Lipinski definition) is 5. The molecule has 1 atom stereocenters. The van der Waals surface area contributed by atoms with E-state index < -0.39 is 22.0 Å². The quantitative estimate of drug-likeness (QED) is 0.600. The molecule has 0 aliphatic carbocycles. The highest BCUT2D eigenvalue weighted by molar-refractivity contribution is 7.92. The molecule has 0 saturated carbocycles. The summed E-state index contributed by atoms with van der Waals surface area (Å²) in [5.74, 6) is -0.157. The summed E-state index contributed by atoms with van der Waals surface area (Å²) in [5, 5.41) is 2.94. The molecule has 1 aromatic heterocycles. The lowest BCUT2D eigenvalue weighted by molar-refractivity contribution is -0.116. The number of imidazole rings is 1. The summed E-state index contributed by atoms with van der Waals surface area (Å²) in [6, 6.07) is 8.43. The zero-order chi connectivity index (χ0) is 23.1. The van der Waals surface area contributed by atoms with Gasteiger partial charge in [-0.3, -0.25) is 18.2 Å². The maximum Gasteiger partial charge on any atom is 0.328 e. The first-order valence-corrected chi connectivity index (χ1v) is 11.5. The Balaban J connectivity index is 1.94. The van der Waals surface area contributed by atoms with E-state index in [2.05, 4.69) is 5.32 Å². The van der Waals surface area contributed by atoms with Crippen molar-refractivity contribution in [2.24, 2.45) is 14.1 Å². The number of ether oxygens (including phenoxy) is 1. The van der Waals surface area contributed by atoms with Gasteiger partial charge < -0.3 is 10.1 Å². The van der Waals surface area contributed by atoms with E-state index in [0.29, 0.717) is 22.5 Å². The molecular weight excluding hydrogens is 444 g/mol. The first kappa shape index (κ1) is 22.7. The first-order valence-electron chi connectivity index (χ1n) is 9.25. The van der Waals surface area contributed by atoms with Crippen LogP contribution in [0.2, 0.25) is 5.02 Å². The standard InChI is InChI=1S/C20H23ClN4O5S/c1-12(25(31(5,28)29)14-7-9-18(30-4)15(21)11-14)19(26)22-13-6-8-16-17(10-13)24(3)20(27)23(16)2/h6-12H,1-5H3,(H,22,26). The molecule has 0 bridgehead atoms. The fourth-order valence-corrected chi connectivity index (χ4v) is 4.85. The Morgan fingerprint density at radius 2 is 1.77 bits per heavy atom. The fraction of sp³-hybridized carbons (Fsp3) is 0.300. The van der Waals surface area contributed by atoms with E-state index in [4.69, 9.17) is 16.3 Å². The van der Waals surface area contributed by atoms with Crippen LogP contribution in [0.5, 0.6) is 5.75 Å². The predicted octanol–water partition coefficient (Wildman–Crippen LogP) is 2.33. The summed E-state index contributed by atoms with van der Waals surface area (Å²) in [5.41, 5.74) is 1.83. The van der Waals surface area contributed by atoms with Gasteiger partial charge in [0, 0.05) is 19.8 Å². The number of carbonyl (C=O) groups excluding carboxylic acids is 1. The molecule has 166 valence electrons. The van der Waals surface area contributed by atoms with Crippen molar-refractivity contribution < 1.29 is 17.9 Å². The molecular formula is C20H23ClN4O5S. The Bertz CT molecular complexity index is 1330. The Labute approximate surface area is 184 Å². The molecule has 1 amide bonds. The van der Waals surface area contributed by atoms with Gasteiger partial charge in [0.15, 0.2) is 0 Å². The van der Waals surface area contributed by atoms with E-state index in [-0.39, 0.29) is 16.4 Å². The summed E-state index contributed by atoms with van der Waals surface area (Å²) in [7, 11) is 0.937. The molecule has 1 N–H and O–H groups in total. The minimum atomic E-state index is -3.81. The minimum Gasteiger partial charge on any atom is -0.495 e. The second-order valence-electron chi connectivity index (χ2n) is 7.15. The number of carbonyl (C=O) groups is 1. The van der Waals surface area contributed by atoms with Crippen molar-refractivity contribution >= 4 is 49.9 Å². The highest BCUT2D eigenvalue weighted by atomic mass is 35.5. The third kappa shape index (κ3) is 4.26. The van der Waals surface area contributed by atoms with E-state index in [1.165, 1.54) is 41.4 Å². The zero-order valence-corrected chi connectivity index (χ0v) is 19.3. The molecule has 2 aromatic carbocycles. The van der Waals surface area contributed by atoms with Crippen molar-refractivity contribution in [1.29, 1.82) is 0 Å². The fourth-order valence-electron chi connectivity index (χ4n) is 3.43. The average Bonchev–Trinajstić information content (AvgIpc) is 2.91. The zero-order valence-electron chi connectivity index (χ0n) is 17.7. The van der Waals surface area contributed by atoms with Gasteiger partial charge in [-0.2, -0.15) is 0 Å². The monoisotopic (exact) mass is 466 g/mol. The Morgan fingerprint density at radius 3 is 2.35 bits per heavy atom. The topological polar surface area (TPSA) is 103 Å². The molecule has 0 aliphatic heterocycles. The Kier molecular flexibility index (Phi) is 6.06. The molecule has 11 heteroatoms. The number of methoxy groups -OCH3 is 1. The van der Waals surface area contributed by atoms with Gasteiger partial charge in [0.1, 0.15) is 11.8 Å². The normalized spacial score (nSPS) is 12.6. The summed E-state index contributed by atoms with van der Waals surface area (Å²) in [6.45, 7) is 1.48. The number of amides is 1. The second-order valence-corrected chi connectivity index (χ2v) is 9.41. The van der Waals surface area contributed by atoms with E-state index in [1.807, 2.05) is 0 Å². The largest absolute Gasteiger partial charge is 0.495 e. The molecule has 0 radical (unpaired) electrons. The summed E-state index contributed by atoms with van der Waals surface area (Å²) in [6.07, 6.45) is 1.01. The highest BCUT2D eigenvalue weighted by Gasteiger charge is 2.30. The van der Waals surface area contributed by atoms with Gasteiger partial charge in [0.25, 0.3) is 0 Å². The lowest BCUT2D eigenvalue weighted by atomic mass is 10.2. The number of aryl methyl sites for hydroxylation is 2. The van der Waals surface area contributed by atoms with Gasteiger partial charge >= 0.3 is 5.69 Å². The first-order chi connectivity index (χ1) is 14.5. The predicted molar refractivity (Wildman–Crippen MR) is 122 cm³/mol. The molecule has 0 saturated heterocycles. The van der Waals surface area contributed by atoms with Crippen molar-refractivity contribution in [2.45, 2.75) is 13.0 Å². The van der Waals surface area contributed by atoms with Crippen LogP contribution in [0.15, 0.2) is 41.2 Å². The smallest absolute Gasteiger partial charge is 0.328 e. The molecule has 0 aliphatic rings. The molecule has 9 nitrogen and oxygen atoms in total. The van der Waals surface area contributed by atoms with E-state index in [9.17, 15) is 18.0 Å². The van der Waals surface area contributed by atoms with Crippen LogP contribution in [0, 0.1) is 0 Å². The van der Waals surface area contributed by atoms with Crippen LogP contribution >= 0.6 is 11.6 Å². The number of sulfonamides is 1. The number of hydrogen-bond donors (Lipinski definition) is 1. The van der Waals surface area contributed by atoms with E-state index >= 15 is 0 Å². The van der Waals surface area contributed by atoms with Crippen molar-refractivity contribution in [3.63, 3.8) is 0 Å². The number of anilines is 2. The van der Waals surface area contributed by atoms with E-state index in [1.54, 1.807) is 32.3 Å². The number of rotatable bonds is 6. The lowest BCUT2D eigenvalue weighted by Crippen LogP contribution is -2.45. The van der Waals surface area contributed by atoms with Crippen molar-refractivity contribution in [3.8, 4) is 5.75 Å². The van der Waals surface area contributed by atoms with Gasteiger partial charge in [-0.1, -0.05) is 11.6 Å². The number of aromatic nitrogens is 2. The van der Waals surface area contributed by atoms with Gasteiger partial charge in [0.05, 0.1) is 35.1 Å². The molecule has 3 rings (SSSR count). The second kappa shape index (κ2) is 8.27. The summed E-state index contributed by atoms with van der Waals surface area (Å²) in [4.78, 5) is 25.0. The maximum absolute atomic E-state index is 12.9. The number of nitrogens with zero attached hydrogens (tertiary/aromatic N) is 3. The van der Waals surface area contributed by atoms with Crippen LogP contribution in [-0.4, -0.2) is 42.9 Å². The van der Waals surface area contributed by atoms with Gasteiger partial charge in [0.2, 0.25) is 15.9 Å². The Hall–Kier alpha value is -2.98. The van der Waals surface area contributed by atoms with Crippen LogP contribution in [0.1, 0.15) is 6.92 Å². The highest BCUT2D eigenvalue weighted by Crippen LogP contribution is 2.31. The molecule has 3 aromatic rings. The van der Waals surface area contributed by atoms with E-state index in [0.717, 1.165) is 10.6 Å². The Morgan fingerprint density at radius 1 is 1.13 bits per heavy atom. The average molecular weight is 467 g/mol. The third-order valence-electron chi connectivity index (χ3n) is 5.02. The molecule has 0 spiro atoms. The molecule has 31 heavy (non-hydrogen) atoms. The molecule has 1 heterocycles. The van der Waals surface area contributed by atoms with Gasteiger partial charge in [-0.05, 0) is 43.3 Å². The molecule has 0 fully saturated rings.